The Hall–Kier alpha value is -2.77. The Morgan fingerprint density at radius 3 is 2.40 bits per heavy atom. The predicted octanol–water partition coefficient (Wildman–Crippen LogP) is 2.32. The Morgan fingerprint density at radius 2 is 2.00 bits per heavy atom. The summed E-state index contributed by atoms with van der Waals surface area (Å²) in [6.45, 7) is 4.78. The molecule has 0 saturated heterocycles. The minimum Gasteiger partial charge on any atom is -0.481 e. The van der Waals surface area contributed by atoms with E-state index in [1.165, 1.54) is 19.1 Å². The highest BCUT2D eigenvalue weighted by atomic mass is 16.6. The molecule has 0 amide bonds. The molecule has 0 aliphatic heterocycles. The second-order valence-corrected chi connectivity index (χ2v) is 4.43. The van der Waals surface area contributed by atoms with Crippen LogP contribution in [0.3, 0.4) is 0 Å². The first kappa shape index (κ1) is 15.3. The van der Waals surface area contributed by atoms with Gasteiger partial charge in [0.15, 0.2) is 0 Å². The van der Waals surface area contributed by atoms with Crippen LogP contribution in [-0.4, -0.2) is 20.9 Å². The number of hydrogen-bond acceptors (Lipinski definition) is 5. The summed E-state index contributed by atoms with van der Waals surface area (Å²) < 4.78 is 0. The predicted molar refractivity (Wildman–Crippen MR) is 69.4 cm³/mol. The van der Waals surface area contributed by atoms with Crippen LogP contribution in [0.4, 0.5) is 11.4 Å². The van der Waals surface area contributed by atoms with Crippen molar-refractivity contribution in [2.45, 2.75) is 13.3 Å². The van der Waals surface area contributed by atoms with Crippen LogP contribution in [0.2, 0.25) is 0 Å². The Bertz CT molecular complexity index is 598. The van der Waals surface area contributed by atoms with E-state index in [0.717, 1.165) is 12.1 Å². The van der Waals surface area contributed by atoms with E-state index < -0.39 is 32.6 Å². The van der Waals surface area contributed by atoms with E-state index in [-0.39, 0.29) is 12.0 Å². The number of nitrogens with zero attached hydrogens (tertiary/aromatic N) is 2. The molecule has 0 spiro atoms. The summed E-state index contributed by atoms with van der Waals surface area (Å²) in [6.07, 6.45) is 1.00. The topological polar surface area (TPSA) is 124 Å². The van der Waals surface area contributed by atoms with E-state index in [1.54, 1.807) is 0 Å². The zero-order chi connectivity index (χ0) is 15.5. The normalized spacial score (nSPS) is 13.2. The van der Waals surface area contributed by atoms with Crippen LogP contribution >= 0.6 is 0 Å². The molecule has 8 heteroatoms. The fourth-order valence-electron chi connectivity index (χ4n) is 1.62. The molecule has 0 aromatic heterocycles. The zero-order valence-electron chi connectivity index (χ0n) is 10.6. The third-order valence-corrected chi connectivity index (χ3v) is 2.97. The van der Waals surface area contributed by atoms with Crippen LogP contribution in [0.25, 0.3) is 0 Å². The second kappa shape index (κ2) is 5.47. The highest BCUT2D eigenvalue weighted by Crippen LogP contribution is 2.31. The number of hydrogen-bond donors (Lipinski definition) is 1. The Labute approximate surface area is 113 Å². The first-order chi connectivity index (χ1) is 9.21. The summed E-state index contributed by atoms with van der Waals surface area (Å²) in [5.74, 6) is -1.18. The number of carboxylic acids is 1. The largest absolute Gasteiger partial charge is 0.481 e. The Morgan fingerprint density at radius 1 is 1.40 bits per heavy atom. The smallest absolute Gasteiger partial charge is 0.313 e. The average Bonchev–Trinajstić information content (AvgIpc) is 2.38. The van der Waals surface area contributed by atoms with Crippen molar-refractivity contribution >= 4 is 17.3 Å². The van der Waals surface area contributed by atoms with Crippen molar-refractivity contribution in [3.8, 4) is 0 Å². The van der Waals surface area contributed by atoms with Crippen molar-refractivity contribution in [1.82, 2.24) is 0 Å². The van der Waals surface area contributed by atoms with Crippen molar-refractivity contribution in [2.75, 3.05) is 0 Å². The second-order valence-electron chi connectivity index (χ2n) is 4.43. The maximum absolute atomic E-state index is 11.2. The lowest BCUT2D eigenvalue weighted by Gasteiger charge is -2.19. The fraction of sp³-hybridized carbons (Fsp3) is 0.250. The number of benzene rings is 1. The van der Waals surface area contributed by atoms with E-state index in [2.05, 4.69) is 6.58 Å². The molecular formula is C12H12N2O6. The van der Waals surface area contributed by atoms with Crippen molar-refractivity contribution in [2.24, 2.45) is 5.41 Å². The molecule has 0 saturated carbocycles. The number of nitro benzene ring substituents is 2. The number of nitro groups is 2. The van der Waals surface area contributed by atoms with Gasteiger partial charge in [0.1, 0.15) is 0 Å². The van der Waals surface area contributed by atoms with Crippen molar-refractivity contribution in [1.29, 1.82) is 0 Å². The van der Waals surface area contributed by atoms with E-state index in [1.807, 2.05) is 0 Å². The number of aliphatic carboxylic acids is 1. The van der Waals surface area contributed by atoms with Gasteiger partial charge in [-0.25, -0.2) is 0 Å². The molecule has 106 valence electrons. The fourth-order valence-corrected chi connectivity index (χ4v) is 1.62. The summed E-state index contributed by atoms with van der Waals surface area (Å²) >= 11 is 0. The molecular weight excluding hydrogens is 268 g/mol. The number of carbonyl (C=O) groups is 1. The van der Waals surface area contributed by atoms with Crippen molar-refractivity contribution in [3.05, 3.63) is 56.6 Å². The molecule has 0 bridgehead atoms. The van der Waals surface area contributed by atoms with Gasteiger partial charge in [0.2, 0.25) is 0 Å². The molecule has 8 nitrogen and oxygen atoms in total. The molecule has 1 N–H and O–H groups in total. The third-order valence-electron chi connectivity index (χ3n) is 2.97. The molecule has 0 fully saturated rings. The lowest BCUT2D eigenvalue weighted by molar-refractivity contribution is -0.394. The van der Waals surface area contributed by atoms with Gasteiger partial charge in [-0.05, 0) is 19.4 Å². The third kappa shape index (κ3) is 2.97. The van der Waals surface area contributed by atoms with E-state index in [0.29, 0.717) is 0 Å². The monoisotopic (exact) mass is 280 g/mol. The van der Waals surface area contributed by atoms with Gasteiger partial charge >= 0.3 is 5.97 Å². The van der Waals surface area contributed by atoms with Gasteiger partial charge < -0.3 is 5.11 Å². The molecule has 1 aromatic carbocycles. The highest BCUT2D eigenvalue weighted by molar-refractivity contribution is 5.77. The minimum absolute atomic E-state index is 0.102. The first-order valence-electron chi connectivity index (χ1n) is 5.50. The van der Waals surface area contributed by atoms with Crippen LogP contribution < -0.4 is 0 Å². The number of carboxylic acid groups (broad SMARTS) is 1. The summed E-state index contributed by atoms with van der Waals surface area (Å²) in [6, 6.07) is 3.12. The van der Waals surface area contributed by atoms with Crippen LogP contribution in [0.5, 0.6) is 0 Å². The maximum Gasteiger partial charge on any atom is 0.313 e. The lowest BCUT2D eigenvalue weighted by Crippen LogP contribution is -2.27. The number of rotatable bonds is 6. The Kier molecular flexibility index (Phi) is 4.18. The molecule has 0 aliphatic carbocycles. The molecule has 1 atom stereocenters. The van der Waals surface area contributed by atoms with Gasteiger partial charge in [0, 0.05) is 11.6 Å². The highest BCUT2D eigenvalue weighted by Gasteiger charge is 2.33. The standard InChI is InChI=1S/C12H12N2O6/c1-3-12(2,11(15)16)7-8-4-5-9(13(17)18)6-10(8)14(19)20/h3-6H,1,7H2,2H3,(H,15,16). The van der Waals surface area contributed by atoms with E-state index in [9.17, 15) is 25.0 Å². The maximum atomic E-state index is 11.2. The average molecular weight is 280 g/mol. The van der Waals surface area contributed by atoms with Gasteiger partial charge in [0.25, 0.3) is 11.4 Å². The van der Waals surface area contributed by atoms with Gasteiger partial charge in [-0.1, -0.05) is 6.08 Å². The van der Waals surface area contributed by atoms with Gasteiger partial charge in [-0.3, -0.25) is 25.0 Å². The summed E-state index contributed by atoms with van der Waals surface area (Å²) in [5.41, 5.74) is -2.18. The molecule has 1 unspecified atom stereocenters. The van der Waals surface area contributed by atoms with Crippen LogP contribution in [0.15, 0.2) is 30.9 Å². The van der Waals surface area contributed by atoms with E-state index >= 15 is 0 Å². The molecule has 1 rings (SSSR count). The summed E-state index contributed by atoms with van der Waals surface area (Å²) in [5, 5.41) is 30.7. The van der Waals surface area contributed by atoms with Crippen molar-refractivity contribution < 1.29 is 19.7 Å². The molecule has 20 heavy (non-hydrogen) atoms. The van der Waals surface area contributed by atoms with Gasteiger partial charge in [-0.2, -0.15) is 0 Å². The molecule has 0 aliphatic rings. The van der Waals surface area contributed by atoms with Crippen molar-refractivity contribution in [3.63, 3.8) is 0 Å². The summed E-state index contributed by atoms with van der Waals surface area (Å²) in [4.78, 5) is 31.2. The van der Waals surface area contributed by atoms with Gasteiger partial charge in [-0.15, -0.1) is 6.58 Å². The number of non-ortho nitro benzene ring substituents is 1. The molecule has 0 heterocycles. The SMILES string of the molecule is C=CC(C)(Cc1ccc([N+](=O)[O-])cc1[N+](=O)[O-])C(=O)O. The molecule has 1 aromatic rings. The minimum atomic E-state index is -1.39. The zero-order valence-corrected chi connectivity index (χ0v) is 10.6. The van der Waals surface area contributed by atoms with Crippen LogP contribution in [-0.2, 0) is 11.2 Å². The molecule has 0 radical (unpaired) electrons. The van der Waals surface area contributed by atoms with Crippen LogP contribution in [0, 0.1) is 25.6 Å². The van der Waals surface area contributed by atoms with Crippen LogP contribution in [0.1, 0.15) is 12.5 Å². The van der Waals surface area contributed by atoms with Gasteiger partial charge in [0.05, 0.1) is 21.3 Å². The van der Waals surface area contributed by atoms with E-state index in [4.69, 9.17) is 5.11 Å². The summed E-state index contributed by atoms with van der Waals surface area (Å²) in [7, 11) is 0. The lowest BCUT2D eigenvalue weighted by atomic mass is 9.83. The Balaban J connectivity index is 3.32. The quantitative estimate of drug-likeness (QED) is 0.484. The first-order valence-corrected chi connectivity index (χ1v) is 5.50.